The molecule has 0 fully saturated rings. The number of benzene rings is 1. The van der Waals surface area contributed by atoms with E-state index in [1.165, 1.54) is 0 Å². The van der Waals surface area contributed by atoms with Crippen LogP contribution in [0.25, 0.3) is 11.4 Å². The second-order valence-corrected chi connectivity index (χ2v) is 6.24. The highest BCUT2D eigenvalue weighted by atomic mass is 19.2. The molecule has 0 saturated carbocycles. The number of anilines is 1. The van der Waals surface area contributed by atoms with E-state index < -0.39 is 29.0 Å². The van der Waals surface area contributed by atoms with Crippen molar-refractivity contribution in [2.75, 3.05) is 18.4 Å². The molecular weight excluding hydrogens is 387 g/mol. The van der Waals surface area contributed by atoms with Gasteiger partial charge in [0.25, 0.3) is 0 Å². The number of carbonyl (C=O) groups excluding carboxylic acids is 1. The van der Waals surface area contributed by atoms with Gasteiger partial charge < -0.3 is 9.84 Å². The Bertz CT molecular complexity index is 981. The van der Waals surface area contributed by atoms with E-state index >= 15 is 0 Å². The Balaban J connectivity index is 1.65. The molecular formula is C19H18F3N5O2. The molecule has 29 heavy (non-hydrogen) atoms. The number of amides is 1. The predicted octanol–water partition coefficient (Wildman–Crippen LogP) is 3.40. The lowest BCUT2D eigenvalue weighted by Gasteiger charge is -2.19. The van der Waals surface area contributed by atoms with Crippen LogP contribution in [0.2, 0.25) is 0 Å². The van der Waals surface area contributed by atoms with Gasteiger partial charge in [-0.2, -0.15) is 4.98 Å². The van der Waals surface area contributed by atoms with E-state index in [0.29, 0.717) is 23.8 Å². The first-order valence-electron chi connectivity index (χ1n) is 8.86. The summed E-state index contributed by atoms with van der Waals surface area (Å²) in [5.41, 5.74) is 0.262. The third-order valence-electron chi connectivity index (χ3n) is 3.96. The van der Waals surface area contributed by atoms with E-state index in [0.717, 1.165) is 18.6 Å². The average Bonchev–Trinajstić information content (AvgIpc) is 3.18. The fourth-order valence-corrected chi connectivity index (χ4v) is 2.67. The number of rotatable bonds is 8. The van der Waals surface area contributed by atoms with Crippen molar-refractivity contribution in [3.8, 4) is 11.4 Å². The van der Waals surface area contributed by atoms with Crippen LogP contribution >= 0.6 is 0 Å². The second kappa shape index (κ2) is 9.28. The Hall–Kier alpha value is -3.27. The maximum Gasteiger partial charge on any atom is 0.241 e. The van der Waals surface area contributed by atoms with Gasteiger partial charge in [0.15, 0.2) is 17.5 Å². The zero-order valence-corrected chi connectivity index (χ0v) is 15.5. The van der Waals surface area contributed by atoms with E-state index in [1.807, 2.05) is 6.92 Å². The molecule has 1 aromatic carbocycles. The summed E-state index contributed by atoms with van der Waals surface area (Å²) in [6.45, 7) is 2.51. The average molecular weight is 405 g/mol. The molecule has 0 bridgehead atoms. The van der Waals surface area contributed by atoms with Gasteiger partial charge in [0.2, 0.25) is 17.6 Å². The summed E-state index contributed by atoms with van der Waals surface area (Å²) in [7, 11) is 0. The van der Waals surface area contributed by atoms with Crippen LogP contribution in [0.1, 0.15) is 19.2 Å². The zero-order valence-electron chi connectivity index (χ0n) is 15.5. The number of hydrogen-bond donors (Lipinski definition) is 1. The van der Waals surface area contributed by atoms with E-state index in [2.05, 4.69) is 20.4 Å². The monoisotopic (exact) mass is 405 g/mol. The maximum absolute atomic E-state index is 13.7. The maximum atomic E-state index is 13.7. The van der Waals surface area contributed by atoms with Gasteiger partial charge >= 0.3 is 0 Å². The first-order chi connectivity index (χ1) is 14.0. The van der Waals surface area contributed by atoms with E-state index in [4.69, 9.17) is 4.52 Å². The van der Waals surface area contributed by atoms with Crippen LogP contribution in [-0.2, 0) is 11.3 Å². The highest BCUT2D eigenvalue weighted by Gasteiger charge is 2.18. The molecule has 0 spiro atoms. The molecule has 10 heteroatoms. The Morgan fingerprint density at radius 1 is 1.21 bits per heavy atom. The number of nitrogens with one attached hydrogen (secondary N) is 1. The van der Waals surface area contributed by atoms with Gasteiger partial charge in [-0.05, 0) is 37.2 Å². The molecule has 2 aromatic heterocycles. The van der Waals surface area contributed by atoms with Crippen molar-refractivity contribution >= 4 is 11.6 Å². The van der Waals surface area contributed by atoms with Gasteiger partial charge in [-0.1, -0.05) is 12.1 Å². The van der Waals surface area contributed by atoms with Crippen LogP contribution < -0.4 is 5.32 Å². The van der Waals surface area contributed by atoms with Gasteiger partial charge in [-0.3, -0.25) is 14.7 Å². The van der Waals surface area contributed by atoms with Gasteiger partial charge in [0, 0.05) is 18.0 Å². The first kappa shape index (κ1) is 20.5. The minimum atomic E-state index is -1.64. The van der Waals surface area contributed by atoms with Crippen molar-refractivity contribution in [1.29, 1.82) is 0 Å². The lowest BCUT2D eigenvalue weighted by atomic mass is 10.2. The standard InChI is InChI=1S/C19H18F3N5O2/c1-2-8-27(10-15(28)24-14-6-5-13(20)17(21)18(14)22)11-16-25-19(26-29-16)12-4-3-7-23-9-12/h3-7,9H,2,8,10-11H2,1H3,(H,24,28). The molecule has 0 radical (unpaired) electrons. The number of nitrogens with zero attached hydrogens (tertiary/aromatic N) is 4. The van der Waals surface area contributed by atoms with E-state index in [1.54, 1.807) is 29.4 Å². The SMILES string of the molecule is CCCN(CC(=O)Nc1ccc(F)c(F)c1F)Cc1nc(-c2cccnc2)no1. The molecule has 152 valence electrons. The molecule has 0 aliphatic carbocycles. The topological polar surface area (TPSA) is 84.2 Å². The molecule has 3 aromatic rings. The van der Waals surface area contributed by atoms with Crippen molar-refractivity contribution in [2.24, 2.45) is 0 Å². The smallest absolute Gasteiger partial charge is 0.241 e. The minimum absolute atomic E-state index is 0.128. The second-order valence-electron chi connectivity index (χ2n) is 6.24. The predicted molar refractivity (Wildman–Crippen MR) is 98.0 cm³/mol. The van der Waals surface area contributed by atoms with Crippen molar-refractivity contribution in [1.82, 2.24) is 20.0 Å². The lowest BCUT2D eigenvalue weighted by molar-refractivity contribution is -0.117. The van der Waals surface area contributed by atoms with Gasteiger partial charge in [0.05, 0.1) is 18.8 Å². The van der Waals surface area contributed by atoms with E-state index in [9.17, 15) is 18.0 Å². The normalized spacial score (nSPS) is 11.1. The molecule has 2 heterocycles. The number of aromatic nitrogens is 3. The fraction of sp³-hybridized carbons (Fsp3) is 0.263. The highest BCUT2D eigenvalue weighted by Crippen LogP contribution is 2.20. The largest absolute Gasteiger partial charge is 0.338 e. The van der Waals surface area contributed by atoms with Crippen molar-refractivity contribution in [3.63, 3.8) is 0 Å². The van der Waals surface area contributed by atoms with Crippen molar-refractivity contribution in [3.05, 3.63) is 60.0 Å². The Labute approximate surface area is 164 Å². The molecule has 3 rings (SSSR count). The Kier molecular flexibility index (Phi) is 6.55. The van der Waals surface area contributed by atoms with Crippen molar-refractivity contribution < 1.29 is 22.5 Å². The number of hydrogen-bond acceptors (Lipinski definition) is 6. The third kappa shape index (κ3) is 5.17. The summed E-state index contributed by atoms with van der Waals surface area (Å²) < 4.78 is 45.3. The molecule has 0 aliphatic rings. The summed E-state index contributed by atoms with van der Waals surface area (Å²) in [6.07, 6.45) is 3.96. The number of halogens is 3. The van der Waals surface area contributed by atoms with Crippen LogP contribution in [0.4, 0.5) is 18.9 Å². The minimum Gasteiger partial charge on any atom is -0.338 e. The molecule has 7 nitrogen and oxygen atoms in total. The van der Waals surface area contributed by atoms with Crippen LogP contribution in [0, 0.1) is 17.5 Å². The van der Waals surface area contributed by atoms with Crippen LogP contribution in [0.5, 0.6) is 0 Å². The van der Waals surface area contributed by atoms with E-state index in [-0.39, 0.29) is 13.1 Å². The van der Waals surface area contributed by atoms with Crippen LogP contribution in [-0.4, -0.2) is 39.0 Å². The van der Waals surface area contributed by atoms with Crippen molar-refractivity contribution in [2.45, 2.75) is 19.9 Å². The summed E-state index contributed by atoms with van der Waals surface area (Å²) in [5, 5.41) is 6.14. The first-order valence-corrected chi connectivity index (χ1v) is 8.86. The molecule has 0 atom stereocenters. The third-order valence-corrected chi connectivity index (χ3v) is 3.96. The van der Waals surface area contributed by atoms with Crippen LogP contribution in [0.15, 0.2) is 41.2 Å². The molecule has 1 amide bonds. The fourth-order valence-electron chi connectivity index (χ4n) is 2.67. The summed E-state index contributed by atoms with van der Waals surface area (Å²) in [6, 6.07) is 5.25. The quantitative estimate of drug-likeness (QED) is 0.579. The Morgan fingerprint density at radius 2 is 2.03 bits per heavy atom. The van der Waals surface area contributed by atoms with Gasteiger partial charge in [0.1, 0.15) is 0 Å². The lowest BCUT2D eigenvalue weighted by Crippen LogP contribution is -2.33. The summed E-state index contributed by atoms with van der Waals surface area (Å²) >= 11 is 0. The Morgan fingerprint density at radius 3 is 2.76 bits per heavy atom. The summed E-state index contributed by atoms with van der Waals surface area (Å²) in [5.74, 6) is -4.33. The van der Waals surface area contributed by atoms with Crippen LogP contribution in [0.3, 0.4) is 0 Å². The van der Waals surface area contributed by atoms with Gasteiger partial charge in [-0.25, -0.2) is 13.2 Å². The zero-order chi connectivity index (χ0) is 20.8. The molecule has 1 N–H and O–H groups in total. The summed E-state index contributed by atoms with van der Waals surface area (Å²) in [4.78, 5) is 22.2. The molecule has 0 unspecified atom stereocenters. The number of carbonyl (C=O) groups is 1. The highest BCUT2D eigenvalue weighted by molar-refractivity contribution is 5.92. The van der Waals surface area contributed by atoms with Gasteiger partial charge in [-0.15, -0.1) is 0 Å². The number of pyridine rings is 1. The molecule has 0 saturated heterocycles. The molecule has 0 aliphatic heterocycles.